The molecule has 44 valence electrons. The molecule has 1 aliphatic carbocycles. The first-order chi connectivity index (χ1) is 3.72. The van der Waals surface area contributed by atoms with E-state index in [0.717, 1.165) is 0 Å². The number of hydrogen-bond acceptors (Lipinski definition) is 1. The molecular weight excluding hydrogens is 107 g/mol. The summed E-state index contributed by atoms with van der Waals surface area (Å²) in [4.78, 5) is 10.5. The van der Waals surface area contributed by atoms with Crippen LogP contribution in [0.2, 0.25) is 0 Å². The van der Waals surface area contributed by atoms with Crippen LogP contribution < -0.4 is 0 Å². The fourth-order valence-electron chi connectivity index (χ4n) is 0.662. The summed E-state index contributed by atoms with van der Waals surface area (Å²) in [6, 6.07) is 0. The van der Waals surface area contributed by atoms with Crippen molar-refractivity contribution in [2.24, 2.45) is 5.92 Å². The van der Waals surface area contributed by atoms with Crippen LogP contribution >= 0.6 is 0 Å². The topological polar surface area (TPSA) is 17.1 Å². The molecule has 2 heteroatoms. The summed E-state index contributed by atoms with van der Waals surface area (Å²) >= 11 is 0. The van der Waals surface area contributed by atoms with Crippen LogP contribution in [0.4, 0.5) is 4.39 Å². The largest absolute Gasteiger partial charge is 0.294 e. The fourth-order valence-corrected chi connectivity index (χ4v) is 0.662. The Morgan fingerprint density at radius 3 is 2.50 bits per heavy atom. The van der Waals surface area contributed by atoms with Gasteiger partial charge in [0.1, 0.15) is 6.17 Å². The molecular formula is C6H7FO. The van der Waals surface area contributed by atoms with Gasteiger partial charge < -0.3 is 0 Å². The molecule has 0 bridgehead atoms. The zero-order chi connectivity index (χ0) is 6.15. The van der Waals surface area contributed by atoms with Crippen molar-refractivity contribution in [3.8, 4) is 0 Å². The first-order valence-corrected chi connectivity index (χ1v) is 2.58. The van der Waals surface area contributed by atoms with E-state index in [0.29, 0.717) is 0 Å². The molecule has 8 heavy (non-hydrogen) atoms. The highest BCUT2D eigenvalue weighted by Gasteiger charge is 2.24. The smallest absolute Gasteiger partial charge is 0.161 e. The molecule has 2 atom stereocenters. The predicted molar refractivity (Wildman–Crippen MR) is 28.2 cm³/mol. The fraction of sp³-hybridized carbons (Fsp3) is 0.500. The van der Waals surface area contributed by atoms with Crippen LogP contribution in [0.25, 0.3) is 0 Å². The number of alkyl halides is 1. The highest BCUT2D eigenvalue weighted by molar-refractivity contribution is 5.94. The molecule has 0 fully saturated rings. The summed E-state index contributed by atoms with van der Waals surface area (Å²) < 4.78 is 12.3. The van der Waals surface area contributed by atoms with Crippen LogP contribution in [0, 0.1) is 5.92 Å². The maximum atomic E-state index is 12.3. The number of ketones is 1. The molecule has 0 radical (unpaired) electrons. The predicted octanol–water partition coefficient (Wildman–Crippen LogP) is 1.10. The van der Waals surface area contributed by atoms with Gasteiger partial charge in [0.25, 0.3) is 0 Å². The summed E-state index contributed by atoms with van der Waals surface area (Å²) in [5, 5.41) is 0. The van der Waals surface area contributed by atoms with Gasteiger partial charge in [0, 0.05) is 0 Å². The van der Waals surface area contributed by atoms with Gasteiger partial charge in [-0.2, -0.15) is 0 Å². The van der Waals surface area contributed by atoms with E-state index in [1.54, 1.807) is 6.92 Å². The standard InChI is InChI=1S/C6H7FO/c1-4-5(7)2-3-6(4)8/h2-5H,1H3. The minimum atomic E-state index is -1.04. The molecule has 0 aromatic heterocycles. The number of allylic oxidation sites excluding steroid dienone is 2. The van der Waals surface area contributed by atoms with Crippen LogP contribution in [0.1, 0.15) is 6.92 Å². The number of halogens is 1. The Labute approximate surface area is 47.2 Å². The van der Waals surface area contributed by atoms with Crippen molar-refractivity contribution in [2.45, 2.75) is 13.1 Å². The Morgan fingerprint density at radius 1 is 1.75 bits per heavy atom. The Bertz CT molecular complexity index is 139. The lowest BCUT2D eigenvalue weighted by Crippen LogP contribution is -2.11. The summed E-state index contributed by atoms with van der Waals surface area (Å²) in [5.74, 6) is -0.535. The maximum absolute atomic E-state index is 12.3. The molecule has 1 aliphatic rings. The van der Waals surface area contributed by atoms with E-state index in [-0.39, 0.29) is 5.78 Å². The van der Waals surface area contributed by atoms with Crippen molar-refractivity contribution >= 4 is 5.78 Å². The Balaban J connectivity index is 2.69. The summed E-state index contributed by atoms with van der Waals surface area (Å²) in [5.41, 5.74) is 0. The van der Waals surface area contributed by atoms with Crippen molar-refractivity contribution < 1.29 is 9.18 Å². The molecule has 0 spiro atoms. The minimum absolute atomic E-state index is 0.0995. The second kappa shape index (κ2) is 1.69. The zero-order valence-corrected chi connectivity index (χ0v) is 4.60. The van der Waals surface area contributed by atoms with Crippen molar-refractivity contribution in [1.82, 2.24) is 0 Å². The van der Waals surface area contributed by atoms with Gasteiger partial charge in [0.2, 0.25) is 0 Å². The van der Waals surface area contributed by atoms with Gasteiger partial charge in [-0.15, -0.1) is 0 Å². The number of carbonyl (C=O) groups excluding carboxylic acids is 1. The third kappa shape index (κ3) is 0.661. The molecule has 0 aromatic rings. The van der Waals surface area contributed by atoms with Crippen molar-refractivity contribution in [3.05, 3.63) is 12.2 Å². The van der Waals surface area contributed by atoms with E-state index in [1.807, 2.05) is 0 Å². The van der Waals surface area contributed by atoms with Crippen LogP contribution in [-0.4, -0.2) is 12.0 Å². The Kier molecular flexibility index (Phi) is 1.16. The molecule has 0 heterocycles. The van der Waals surface area contributed by atoms with E-state index in [1.165, 1.54) is 12.2 Å². The first kappa shape index (κ1) is 5.48. The molecule has 2 unspecified atom stereocenters. The third-order valence-corrected chi connectivity index (χ3v) is 1.37. The van der Waals surface area contributed by atoms with E-state index in [4.69, 9.17) is 0 Å². The second-order valence-corrected chi connectivity index (χ2v) is 1.99. The van der Waals surface area contributed by atoms with Gasteiger partial charge in [0.05, 0.1) is 5.92 Å². The lowest BCUT2D eigenvalue weighted by molar-refractivity contribution is -0.117. The molecule has 0 saturated heterocycles. The summed E-state index contributed by atoms with van der Waals surface area (Å²) in [7, 11) is 0. The van der Waals surface area contributed by atoms with E-state index in [9.17, 15) is 9.18 Å². The lowest BCUT2D eigenvalue weighted by atomic mass is 10.1. The molecule has 0 N–H and O–H groups in total. The summed E-state index contributed by atoms with van der Waals surface area (Å²) in [6.07, 6.45) is 1.56. The molecule has 0 aromatic carbocycles. The monoisotopic (exact) mass is 114 g/mol. The van der Waals surface area contributed by atoms with Crippen LogP contribution in [-0.2, 0) is 4.79 Å². The van der Waals surface area contributed by atoms with Crippen molar-refractivity contribution in [3.63, 3.8) is 0 Å². The Morgan fingerprint density at radius 2 is 2.38 bits per heavy atom. The van der Waals surface area contributed by atoms with E-state index >= 15 is 0 Å². The quantitative estimate of drug-likeness (QED) is 0.461. The molecule has 1 nitrogen and oxygen atoms in total. The molecule has 0 saturated carbocycles. The van der Waals surface area contributed by atoms with Gasteiger partial charge in [-0.05, 0) is 12.2 Å². The van der Waals surface area contributed by atoms with Gasteiger partial charge in [0.15, 0.2) is 5.78 Å². The van der Waals surface area contributed by atoms with E-state index in [2.05, 4.69) is 0 Å². The molecule has 0 amide bonds. The van der Waals surface area contributed by atoms with Crippen LogP contribution in [0.5, 0.6) is 0 Å². The maximum Gasteiger partial charge on any atom is 0.161 e. The minimum Gasteiger partial charge on any atom is -0.294 e. The van der Waals surface area contributed by atoms with Crippen molar-refractivity contribution in [1.29, 1.82) is 0 Å². The first-order valence-electron chi connectivity index (χ1n) is 2.58. The van der Waals surface area contributed by atoms with Crippen LogP contribution in [0.15, 0.2) is 12.2 Å². The Hall–Kier alpha value is -0.660. The SMILES string of the molecule is CC1C(=O)C=CC1F. The van der Waals surface area contributed by atoms with E-state index < -0.39 is 12.1 Å². The second-order valence-electron chi connectivity index (χ2n) is 1.99. The van der Waals surface area contributed by atoms with Crippen LogP contribution in [0.3, 0.4) is 0 Å². The normalized spacial score (nSPS) is 36.5. The van der Waals surface area contributed by atoms with Crippen molar-refractivity contribution in [2.75, 3.05) is 0 Å². The lowest BCUT2D eigenvalue weighted by Gasteiger charge is -1.99. The highest BCUT2D eigenvalue weighted by atomic mass is 19.1. The van der Waals surface area contributed by atoms with Gasteiger partial charge in [-0.3, -0.25) is 4.79 Å². The van der Waals surface area contributed by atoms with Gasteiger partial charge in [-0.1, -0.05) is 6.92 Å². The average Bonchev–Trinajstić information content (AvgIpc) is 1.98. The van der Waals surface area contributed by atoms with Gasteiger partial charge >= 0.3 is 0 Å². The number of hydrogen-bond donors (Lipinski definition) is 0. The van der Waals surface area contributed by atoms with Gasteiger partial charge in [-0.25, -0.2) is 4.39 Å². The zero-order valence-electron chi connectivity index (χ0n) is 4.60. The number of carbonyl (C=O) groups is 1. The molecule has 0 aliphatic heterocycles. The molecule has 1 rings (SSSR count). The number of rotatable bonds is 0. The highest BCUT2D eigenvalue weighted by Crippen LogP contribution is 2.16. The average molecular weight is 114 g/mol. The third-order valence-electron chi connectivity index (χ3n) is 1.37. The summed E-state index contributed by atoms with van der Waals surface area (Å²) in [6.45, 7) is 1.59.